The first kappa shape index (κ1) is 22.2. The Hall–Kier alpha value is -3.10. The third kappa shape index (κ3) is 6.48. The van der Waals surface area contributed by atoms with Crippen LogP contribution in [0.25, 0.3) is 0 Å². The Bertz CT molecular complexity index is 812. The predicted octanol–water partition coefficient (Wildman–Crippen LogP) is 0.794. The van der Waals surface area contributed by atoms with E-state index in [-0.39, 0.29) is 6.42 Å². The summed E-state index contributed by atoms with van der Waals surface area (Å²) in [6.07, 6.45) is 0.155. The number of nitrogens with one attached hydrogen (secondary N) is 1. The molecule has 29 heavy (non-hydrogen) atoms. The SMILES string of the molecule is COC(=O)C(Cc1ccc(OC)c(OCc2ccccc2)c1)NC(=O)[C@@H](N)CO. The maximum Gasteiger partial charge on any atom is 0.328 e. The maximum atomic E-state index is 12.1. The number of nitrogens with two attached hydrogens (primary N) is 1. The number of hydrogen-bond donors (Lipinski definition) is 3. The van der Waals surface area contributed by atoms with Crippen molar-refractivity contribution in [3.05, 3.63) is 59.7 Å². The number of ether oxygens (including phenoxy) is 3. The fourth-order valence-corrected chi connectivity index (χ4v) is 2.63. The van der Waals surface area contributed by atoms with Crippen LogP contribution >= 0.6 is 0 Å². The molecule has 0 bridgehead atoms. The second kappa shape index (κ2) is 11.0. The quantitative estimate of drug-likeness (QED) is 0.503. The second-order valence-electron chi connectivity index (χ2n) is 6.34. The number of aliphatic hydroxyl groups is 1. The highest BCUT2D eigenvalue weighted by molar-refractivity contribution is 5.87. The van der Waals surface area contributed by atoms with Crippen LogP contribution in [0.5, 0.6) is 11.5 Å². The topological polar surface area (TPSA) is 120 Å². The van der Waals surface area contributed by atoms with Crippen molar-refractivity contribution < 1.29 is 28.9 Å². The van der Waals surface area contributed by atoms with E-state index >= 15 is 0 Å². The summed E-state index contributed by atoms with van der Waals surface area (Å²) in [7, 11) is 2.77. The van der Waals surface area contributed by atoms with Crippen LogP contribution in [0, 0.1) is 0 Å². The van der Waals surface area contributed by atoms with Crippen molar-refractivity contribution >= 4 is 11.9 Å². The van der Waals surface area contributed by atoms with Gasteiger partial charge in [0.15, 0.2) is 11.5 Å². The number of carbonyl (C=O) groups excluding carboxylic acids is 2. The molecule has 0 aromatic heterocycles. The molecule has 2 rings (SSSR count). The minimum absolute atomic E-state index is 0.155. The fraction of sp³-hybridized carbons (Fsp3) is 0.333. The van der Waals surface area contributed by atoms with E-state index in [1.807, 2.05) is 30.3 Å². The average Bonchev–Trinajstić information content (AvgIpc) is 2.76. The van der Waals surface area contributed by atoms with Gasteiger partial charge in [-0.1, -0.05) is 36.4 Å². The molecule has 8 heteroatoms. The molecule has 2 atom stereocenters. The number of benzene rings is 2. The molecule has 0 aliphatic carbocycles. The molecule has 0 saturated heterocycles. The van der Waals surface area contributed by atoms with Crippen LogP contribution in [-0.2, 0) is 27.4 Å². The summed E-state index contributed by atoms with van der Waals surface area (Å²) in [5.74, 6) is -0.204. The molecule has 2 aromatic rings. The van der Waals surface area contributed by atoms with Gasteiger partial charge in [-0.25, -0.2) is 4.79 Å². The Balaban J connectivity index is 2.16. The zero-order valence-electron chi connectivity index (χ0n) is 16.5. The Labute approximate surface area is 169 Å². The average molecular weight is 402 g/mol. The van der Waals surface area contributed by atoms with Gasteiger partial charge in [-0.2, -0.15) is 0 Å². The summed E-state index contributed by atoms with van der Waals surface area (Å²) in [6, 6.07) is 12.8. The van der Waals surface area contributed by atoms with E-state index < -0.39 is 30.6 Å². The number of aliphatic hydroxyl groups excluding tert-OH is 1. The highest BCUT2D eigenvalue weighted by Gasteiger charge is 2.25. The lowest BCUT2D eigenvalue weighted by molar-refractivity contribution is -0.145. The van der Waals surface area contributed by atoms with Crippen LogP contribution in [0.1, 0.15) is 11.1 Å². The van der Waals surface area contributed by atoms with Crippen molar-refractivity contribution in [3.8, 4) is 11.5 Å². The van der Waals surface area contributed by atoms with E-state index in [4.69, 9.17) is 25.1 Å². The summed E-state index contributed by atoms with van der Waals surface area (Å²) >= 11 is 0. The first-order chi connectivity index (χ1) is 14.0. The highest BCUT2D eigenvalue weighted by atomic mass is 16.5. The molecule has 1 unspecified atom stereocenters. The van der Waals surface area contributed by atoms with Crippen molar-refractivity contribution in [3.63, 3.8) is 0 Å². The van der Waals surface area contributed by atoms with Gasteiger partial charge >= 0.3 is 5.97 Å². The monoisotopic (exact) mass is 402 g/mol. The molecular formula is C21H26N2O6. The molecule has 0 heterocycles. The van der Waals surface area contributed by atoms with Gasteiger partial charge < -0.3 is 30.4 Å². The van der Waals surface area contributed by atoms with Gasteiger partial charge in [-0.05, 0) is 23.3 Å². The van der Waals surface area contributed by atoms with Crippen LogP contribution in [0.15, 0.2) is 48.5 Å². The molecule has 0 fully saturated rings. The zero-order valence-corrected chi connectivity index (χ0v) is 16.5. The van der Waals surface area contributed by atoms with Gasteiger partial charge in [-0.3, -0.25) is 4.79 Å². The molecule has 0 saturated carbocycles. The number of carbonyl (C=O) groups is 2. The van der Waals surface area contributed by atoms with Gasteiger partial charge in [0.05, 0.1) is 20.8 Å². The van der Waals surface area contributed by atoms with Crippen LogP contribution in [0.3, 0.4) is 0 Å². The van der Waals surface area contributed by atoms with Crippen molar-refractivity contribution in [2.24, 2.45) is 5.73 Å². The summed E-state index contributed by atoms with van der Waals surface area (Å²) in [5.41, 5.74) is 7.23. The Kier molecular flexibility index (Phi) is 8.45. The van der Waals surface area contributed by atoms with Crippen LogP contribution in [0.4, 0.5) is 0 Å². The van der Waals surface area contributed by atoms with Crippen molar-refractivity contribution in [1.29, 1.82) is 0 Å². The summed E-state index contributed by atoms with van der Waals surface area (Å²) < 4.78 is 16.0. The molecule has 8 nitrogen and oxygen atoms in total. The number of hydrogen-bond acceptors (Lipinski definition) is 7. The molecule has 1 amide bonds. The van der Waals surface area contributed by atoms with Crippen molar-refractivity contribution in [2.75, 3.05) is 20.8 Å². The summed E-state index contributed by atoms with van der Waals surface area (Å²) in [4.78, 5) is 24.1. The number of amides is 1. The molecule has 4 N–H and O–H groups in total. The largest absolute Gasteiger partial charge is 0.493 e. The van der Waals surface area contributed by atoms with Gasteiger partial charge in [0, 0.05) is 6.42 Å². The molecule has 0 aliphatic heterocycles. The number of methoxy groups -OCH3 is 2. The Morgan fingerprint density at radius 3 is 2.41 bits per heavy atom. The third-order valence-electron chi connectivity index (χ3n) is 4.24. The molecule has 156 valence electrons. The van der Waals surface area contributed by atoms with E-state index in [9.17, 15) is 9.59 Å². The number of rotatable bonds is 10. The van der Waals surface area contributed by atoms with Crippen LogP contribution in [-0.4, -0.2) is 49.9 Å². The molecule has 0 radical (unpaired) electrons. The van der Waals surface area contributed by atoms with E-state index in [0.717, 1.165) is 11.1 Å². The summed E-state index contributed by atoms with van der Waals surface area (Å²) in [6.45, 7) is -0.178. The third-order valence-corrected chi connectivity index (χ3v) is 4.24. The van der Waals surface area contributed by atoms with Crippen molar-refractivity contribution in [1.82, 2.24) is 5.32 Å². The lowest BCUT2D eigenvalue weighted by Crippen LogP contribution is -2.50. The maximum absolute atomic E-state index is 12.1. The Morgan fingerprint density at radius 1 is 1.07 bits per heavy atom. The molecule has 2 aromatic carbocycles. The molecule has 0 spiro atoms. The zero-order chi connectivity index (χ0) is 21.2. The van der Waals surface area contributed by atoms with E-state index in [2.05, 4.69) is 5.32 Å². The molecular weight excluding hydrogens is 376 g/mol. The van der Waals surface area contributed by atoms with Crippen LogP contribution in [0.2, 0.25) is 0 Å². The summed E-state index contributed by atoms with van der Waals surface area (Å²) in [5, 5.41) is 11.5. The van der Waals surface area contributed by atoms with Gasteiger partial charge in [0.1, 0.15) is 18.7 Å². The van der Waals surface area contributed by atoms with Gasteiger partial charge in [0.2, 0.25) is 5.91 Å². The highest BCUT2D eigenvalue weighted by Crippen LogP contribution is 2.29. The fourth-order valence-electron chi connectivity index (χ4n) is 2.63. The van der Waals surface area contributed by atoms with Crippen LogP contribution < -0.4 is 20.5 Å². The minimum Gasteiger partial charge on any atom is -0.493 e. The predicted molar refractivity (Wildman–Crippen MR) is 106 cm³/mol. The first-order valence-corrected chi connectivity index (χ1v) is 9.06. The molecule has 0 aliphatic rings. The smallest absolute Gasteiger partial charge is 0.328 e. The van der Waals surface area contributed by atoms with E-state index in [1.165, 1.54) is 14.2 Å². The number of esters is 1. The van der Waals surface area contributed by atoms with E-state index in [0.29, 0.717) is 18.1 Å². The lowest BCUT2D eigenvalue weighted by Gasteiger charge is -2.19. The standard InChI is InChI=1S/C21H26N2O6/c1-27-18-9-8-15(11-19(18)29-13-14-6-4-3-5-7-14)10-17(21(26)28-2)23-20(25)16(22)12-24/h3-9,11,16-17,24H,10,12-13,22H2,1-2H3,(H,23,25)/t16-,17?/m0/s1. The van der Waals surface area contributed by atoms with Crippen molar-refractivity contribution in [2.45, 2.75) is 25.1 Å². The lowest BCUT2D eigenvalue weighted by atomic mass is 10.0. The van der Waals surface area contributed by atoms with Gasteiger partial charge in [-0.15, -0.1) is 0 Å². The normalized spacial score (nSPS) is 12.6. The Morgan fingerprint density at radius 2 is 1.79 bits per heavy atom. The first-order valence-electron chi connectivity index (χ1n) is 9.06. The second-order valence-corrected chi connectivity index (χ2v) is 6.34. The van der Waals surface area contributed by atoms with Gasteiger partial charge in [0.25, 0.3) is 0 Å². The van der Waals surface area contributed by atoms with E-state index in [1.54, 1.807) is 18.2 Å². The minimum atomic E-state index is -1.12.